The van der Waals surface area contributed by atoms with Gasteiger partial charge < -0.3 is 10.5 Å². The largest absolute Gasteiger partial charge is 0.487 e. The Morgan fingerprint density at radius 1 is 1.56 bits per heavy atom. The highest BCUT2D eigenvalue weighted by Gasteiger charge is 2.22. The Morgan fingerprint density at radius 3 is 2.67 bits per heavy atom. The fraction of sp³-hybridized carbons (Fsp3) is 0.300. The van der Waals surface area contributed by atoms with Gasteiger partial charge in [0.2, 0.25) is 5.82 Å². The second-order valence-electron chi connectivity index (χ2n) is 3.81. The average molecular weight is 257 g/mol. The van der Waals surface area contributed by atoms with Crippen LogP contribution in [0.25, 0.3) is 0 Å². The quantitative estimate of drug-likeness (QED) is 0.650. The van der Waals surface area contributed by atoms with Gasteiger partial charge in [-0.05, 0) is 6.92 Å². The zero-order valence-corrected chi connectivity index (χ0v) is 9.31. The standard InChI is InChI=1S/C10H9F2N3O3/c1-10(14,4-13)5-18-9-3-6(11)8(15(16)17)2-7(9)12/h2-3H,5,14H2,1H3. The summed E-state index contributed by atoms with van der Waals surface area (Å²) in [6.45, 7) is 0.963. The van der Waals surface area contributed by atoms with Crippen LogP contribution in [0.2, 0.25) is 0 Å². The van der Waals surface area contributed by atoms with Crippen molar-refractivity contribution < 1.29 is 18.4 Å². The molecule has 0 aliphatic rings. The third-order valence-corrected chi connectivity index (χ3v) is 1.98. The number of halogens is 2. The van der Waals surface area contributed by atoms with Crippen molar-refractivity contribution in [1.29, 1.82) is 5.26 Å². The van der Waals surface area contributed by atoms with Crippen LogP contribution in [-0.4, -0.2) is 17.1 Å². The second-order valence-corrected chi connectivity index (χ2v) is 3.81. The number of nitriles is 1. The number of nitro groups is 1. The van der Waals surface area contributed by atoms with Gasteiger partial charge >= 0.3 is 5.69 Å². The number of hydrogen-bond donors (Lipinski definition) is 1. The minimum Gasteiger partial charge on any atom is -0.487 e. The van der Waals surface area contributed by atoms with Gasteiger partial charge in [-0.1, -0.05) is 0 Å². The fourth-order valence-electron chi connectivity index (χ4n) is 1.03. The molecule has 0 aliphatic carbocycles. The van der Waals surface area contributed by atoms with E-state index in [1.54, 1.807) is 6.07 Å². The Bertz CT molecular complexity index is 526. The molecule has 18 heavy (non-hydrogen) atoms. The minimum atomic E-state index is -1.37. The molecular weight excluding hydrogens is 248 g/mol. The number of hydrogen-bond acceptors (Lipinski definition) is 5. The Labute approximate surface area is 101 Å². The van der Waals surface area contributed by atoms with Crippen LogP contribution in [0.15, 0.2) is 12.1 Å². The Kier molecular flexibility index (Phi) is 3.78. The summed E-state index contributed by atoms with van der Waals surface area (Å²) in [5, 5.41) is 18.9. The lowest BCUT2D eigenvalue weighted by molar-refractivity contribution is -0.387. The fourth-order valence-corrected chi connectivity index (χ4v) is 1.03. The summed E-state index contributed by atoms with van der Waals surface area (Å²) in [5.74, 6) is -2.87. The zero-order chi connectivity index (χ0) is 13.9. The van der Waals surface area contributed by atoms with Gasteiger partial charge in [-0.15, -0.1) is 0 Å². The summed E-state index contributed by atoms with van der Waals surface area (Å²) in [7, 11) is 0. The van der Waals surface area contributed by atoms with E-state index in [1.807, 2.05) is 0 Å². The van der Waals surface area contributed by atoms with Crippen LogP contribution in [0.1, 0.15) is 6.92 Å². The van der Waals surface area contributed by atoms with Crippen LogP contribution in [0, 0.1) is 33.1 Å². The van der Waals surface area contributed by atoms with Crippen LogP contribution in [0.4, 0.5) is 14.5 Å². The molecule has 0 aliphatic heterocycles. The van der Waals surface area contributed by atoms with Gasteiger partial charge in [0.25, 0.3) is 0 Å². The predicted octanol–water partition coefficient (Wildman–Crippen LogP) is 1.49. The van der Waals surface area contributed by atoms with Gasteiger partial charge in [0.15, 0.2) is 11.6 Å². The summed E-state index contributed by atoms with van der Waals surface area (Å²) < 4.78 is 31.4. The summed E-state index contributed by atoms with van der Waals surface area (Å²) in [6, 6.07) is 2.65. The van der Waals surface area contributed by atoms with E-state index in [2.05, 4.69) is 0 Å². The predicted molar refractivity (Wildman–Crippen MR) is 56.7 cm³/mol. The molecule has 96 valence electrons. The van der Waals surface area contributed by atoms with Crippen LogP contribution < -0.4 is 10.5 Å². The van der Waals surface area contributed by atoms with Gasteiger partial charge in [-0.2, -0.15) is 9.65 Å². The summed E-state index contributed by atoms with van der Waals surface area (Å²) in [6.07, 6.45) is 0. The molecule has 1 rings (SSSR count). The Hall–Kier alpha value is -2.27. The Morgan fingerprint density at radius 2 is 2.17 bits per heavy atom. The molecule has 1 aromatic rings. The van der Waals surface area contributed by atoms with E-state index < -0.39 is 33.5 Å². The van der Waals surface area contributed by atoms with Crippen molar-refractivity contribution in [2.75, 3.05) is 6.61 Å². The van der Waals surface area contributed by atoms with E-state index in [9.17, 15) is 18.9 Å². The third kappa shape index (κ3) is 3.11. The SMILES string of the molecule is CC(N)(C#N)COc1cc(F)c([N+](=O)[O-])cc1F. The molecule has 8 heteroatoms. The van der Waals surface area contributed by atoms with Crippen molar-refractivity contribution in [1.82, 2.24) is 0 Å². The van der Waals surface area contributed by atoms with Crippen LogP contribution in [-0.2, 0) is 0 Å². The monoisotopic (exact) mass is 257 g/mol. The highest BCUT2D eigenvalue weighted by molar-refractivity contribution is 5.39. The molecule has 1 aromatic carbocycles. The van der Waals surface area contributed by atoms with Gasteiger partial charge in [0.05, 0.1) is 17.1 Å². The van der Waals surface area contributed by atoms with Crippen molar-refractivity contribution in [2.45, 2.75) is 12.5 Å². The van der Waals surface area contributed by atoms with Gasteiger partial charge in [-0.3, -0.25) is 10.1 Å². The first-order chi connectivity index (χ1) is 8.26. The summed E-state index contributed by atoms with van der Waals surface area (Å²) >= 11 is 0. The first-order valence-corrected chi connectivity index (χ1v) is 4.73. The number of nitro benzene ring substituents is 1. The van der Waals surface area contributed by atoms with E-state index in [0.717, 1.165) is 0 Å². The number of benzene rings is 1. The molecule has 0 bridgehead atoms. The third-order valence-electron chi connectivity index (χ3n) is 1.98. The lowest BCUT2D eigenvalue weighted by Crippen LogP contribution is -2.40. The molecule has 0 amide bonds. The molecular formula is C10H9F2N3O3. The van der Waals surface area contributed by atoms with Crippen molar-refractivity contribution in [2.24, 2.45) is 5.73 Å². The summed E-state index contributed by atoms with van der Waals surface area (Å²) in [5.41, 5.74) is 3.06. The number of nitrogens with two attached hydrogens (primary N) is 1. The van der Waals surface area contributed by atoms with E-state index in [-0.39, 0.29) is 6.61 Å². The van der Waals surface area contributed by atoms with Crippen molar-refractivity contribution in [3.63, 3.8) is 0 Å². The molecule has 0 spiro atoms. The first kappa shape index (κ1) is 13.8. The second kappa shape index (κ2) is 4.93. The first-order valence-electron chi connectivity index (χ1n) is 4.73. The van der Waals surface area contributed by atoms with E-state index in [4.69, 9.17) is 15.7 Å². The molecule has 0 saturated heterocycles. The lowest BCUT2D eigenvalue weighted by Gasteiger charge is -2.16. The highest BCUT2D eigenvalue weighted by atomic mass is 19.1. The maximum atomic E-state index is 13.3. The van der Waals surface area contributed by atoms with Gasteiger partial charge in [0.1, 0.15) is 12.1 Å². The highest BCUT2D eigenvalue weighted by Crippen LogP contribution is 2.26. The maximum Gasteiger partial charge on any atom is 0.307 e. The summed E-state index contributed by atoms with van der Waals surface area (Å²) in [4.78, 5) is 9.29. The van der Waals surface area contributed by atoms with Crippen LogP contribution >= 0.6 is 0 Å². The number of nitrogens with zero attached hydrogens (tertiary/aromatic N) is 2. The smallest absolute Gasteiger partial charge is 0.307 e. The molecule has 1 unspecified atom stereocenters. The Balaban J connectivity index is 2.96. The van der Waals surface area contributed by atoms with Crippen molar-refractivity contribution in [3.8, 4) is 11.8 Å². The molecule has 0 fully saturated rings. The van der Waals surface area contributed by atoms with Crippen molar-refractivity contribution >= 4 is 5.69 Å². The molecule has 2 N–H and O–H groups in total. The topological polar surface area (TPSA) is 102 Å². The molecule has 0 heterocycles. The molecule has 0 saturated carbocycles. The van der Waals surface area contributed by atoms with E-state index >= 15 is 0 Å². The minimum absolute atomic E-state index is 0.377. The average Bonchev–Trinajstić information content (AvgIpc) is 2.29. The zero-order valence-electron chi connectivity index (χ0n) is 9.31. The molecule has 1 atom stereocenters. The van der Waals surface area contributed by atoms with Crippen LogP contribution in [0.5, 0.6) is 5.75 Å². The molecule has 6 nitrogen and oxygen atoms in total. The maximum absolute atomic E-state index is 13.3. The van der Waals surface area contributed by atoms with Gasteiger partial charge in [-0.25, -0.2) is 4.39 Å². The van der Waals surface area contributed by atoms with Crippen molar-refractivity contribution in [3.05, 3.63) is 33.9 Å². The van der Waals surface area contributed by atoms with E-state index in [1.165, 1.54) is 6.92 Å². The normalized spacial score (nSPS) is 13.5. The molecule has 0 aromatic heterocycles. The number of rotatable bonds is 4. The van der Waals surface area contributed by atoms with Crippen LogP contribution in [0.3, 0.4) is 0 Å². The van der Waals surface area contributed by atoms with E-state index in [0.29, 0.717) is 12.1 Å². The molecule has 0 radical (unpaired) electrons. The van der Waals surface area contributed by atoms with Gasteiger partial charge in [0, 0.05) is 6.07 Å². The number of ether oxygens (including phenoxy) is 1. The lowest BCUT2D eigenvalue weighted by atomic mass is 10.1.